The highest BCUT2D eigenvalue weighted by molar-refractivity contribution is 5.97. The van der Waals surface area contributed by atoms with Crippen molar-refractivity contribution >= 4 is 5.91 Å². The highest BCUT2D eigenvalue weighted by Crippen LogP contribution is 2.25. The van der Waals surface area contributed by atoms with Crippen LogP contribution in [0.25, 0.3) is 0 Å². The summed E-state index contributed by atoms with van der Waals surface area (Å²) in [7, 11) is 0. The Labute approximate surface area is 143 Å². The molecule has 126 valence electrons. The van der Waals surface area contributed by atoms with Crippen LogP contribution in [0.3, 0.4) is 0 Å². The normalized spacial score (nSPS) is 20.4. The second-order valence-corrected chi connectivity index (χ2v) is 6.57. The van der Waals surface area contributed by atoms with Crippen LogP contribution in [0.5, 0.6) is 5.75 Å². The molecule has 4 heteroatoms. The molecule has 0 atom stereocenters. The lowest BCUT2D eigenvalue weighted by atomic mass is 9.87. The second kappa shape index (κ2) is 7.95. The first-order chi connectivity index (χ1) is 11.7. The van der Waals surface area contributed by atoms with Crippen LogP contribution in [0.2, 0.25) is 0 Å². The molecule has 1 N–H and O–H groups in total. The van der Waals surface area contributed by atoms with E-state index in [1.165, 1.54) is 12.8 Å². The molecule has 1 aliphatic carbocycles. The number of carbonyl (C=O) groups is 1. The van der Waals surface area contributed by atoms with Crippen molar-refractivity contribution in [3.05, 3.63) is 59.9 Å². The van der Waals surface area contributed by atoms with Crippen molar-refractivity contribution in [1.29, 1.82) is 0 Å². The summed E-state index contributed by atoms with van der Waals surface area (Å²) < 4.78 is 5.86. The fourth-order valence-electron chi connectivity index (χ4n) is 3.09. The number of hydrogen-bond donors (Lipinski definition) is 1. The van der Waals surface area contributed by atoms with Gasteiger partial charge in [-0.3, -0.25) is 9.78 Å². The van der Waals surface area contributed by atoms with Gasteiger partial charge in [-0.2, -0.15) is 0 Å². The summed E-state index contributed by atoms with van der Waals surface area (Å²) in [5.41, 5.74) is 1.63. The van der Waals surface area contributed by atoms with Gasteiger partial charge in [0.1, 0.15) is 12.4 Å². The van der Waals surface area contributed by atoms with Crippen molar-refractivity contribution in [2.24, 2.45) is 5.92 Å². The zero-order valence-corrected chi connectivity index (χ0v) is 14.1. The predicted molar refractivity (Wildman–Crippen MR) is 93.9 cm³/mol. The molecular weight excluding hydrogens is 300 g/mol. The largest absolute Gasteiger partial charge is 0.488 e. The van der Waals surface area contributed by atoms with E-state index in [2.05, 4.69) is 17.2 Å². The molecule has 2 aromatic rings. The first-order valence-electron chi connectivity index (χ1n) is 8.64. The van der Waals surface area contributed by atoms with Crippen LogP contribution < -0.4 is 10.1 Å². The highest BCUT2D eigenvalue weighted by Gasteiger charge is 2.21. The SMILES string of the molecule is CC1CCC(NC(=O)c2ccccc2OCc2ccncc2)CC1. The molecule has 4 nitrogen and oxygen atoms in total. The van der Waals surface area contributed by atoms with Crippen LogP contribution in [0, 0.1) is 5.92 Å². The summed E-state index contributed by atoms with van der Waals surface area (Å²) in [6.45, 7) is 2.70. The van der Waals surface area contributed by atoms with Crippen LogP contribution in [0.1, 0.15) is 48.5 Å². The minimum Gasteiger partial charge on any atom is -0.488 e. The monoisotopic (exact) mass is 324 g/mol. The number of nitrogens with zero attached hydrogens (tertiary/aromatic N) is 1. The lowest BCUT2D eigenvalue weighted by molar-refractivity contribution is 0.0918. The standard InChI is InChI=1S/C20H24N2O2/c1-15-6-8-17(9-7-15)22-20(23)18-4-2-3-5-19(18)24-14-16-10-12-21-13-11-16/h2-5,10-13,15,17H,6-9,14H2,1H3,(H,22,23). The van der Waals surface area contributed by atoms with Gasteiger partial charge in [0.25, 0.3) is 5.91 Å². The maximum atomic E-state index is 12.6. The fraction of sp³-hybridized carbons (Fsp3) is 0.400. The van der Waals surface area contributed by atoms with Gasteiger partial charge in [0.15, 0.2) is 0 Å². The number of para-hydroxylation sites is 1. The third kappa shape index (κ3) is 4.34. The van der Waals surface area contributed by atoms with Gasteiger partial charge >= 0.3 is 0 Å². The van der Waals surface area contributed by atoms with Crippen LogP contribution in [0.15, 0.2) is 48.8 Å². The van der Waals surface area contributed by atoms with Crippen molar-refractivity contribution in [3.8, 4) is 5.75 Å². The Morgan fingerprint density at radius 1 is 1.12 bits per heavy atom. The second-order valence-electron chi connectivity index (χ2n) is 6.57. The summed E-state index contributed by atoms with van der Waals surface area (Å²) in [5, 5.41) is 3.17. The number of carbonyl (C=O) groups excluding carboxylic acids is 1. The Hall–Kier alpha value is -2.36. The molecule has 0 aliphatic heterocycles. The molecule has 1 amide bonds. The molecule has 1 aliphatic rings. The van der Waals surface area contributed by atoms with Crippen molar-refractivity contribution < 1.29 is 9.53 Å². The van der Waals surface area contributed by atoms with Gasteiger partial charge in [0, 0.05) is 18.4 Å². The van der Waals surface area contributed by atoms with E-state index in [0.29, 0.717) is 17.9 Å². The Bertz CT molecular complexity index is 664. The van der Waals surface area contributed by atoms with Gasteiger partial charge in [-0.1, -0.05) is 19.1 Å². The summed E-state index contributed by atoms with van der Waals surface area (Å²) in [6.07, 6.45) is 7.97. The number of ether oxygens (including phenoxy) is 1. The van der Waals surface area contributed by atoms with E-state index < -0.39 is 0 Å². The Morgan fingerprint density at radius 2 is 1.83 bits per heavy atom. The first-order valence-corrected chi connectivity index (χ1v) is 8.64. The lowest BCUT2D eigenvalue weighted by Gasteiger charge is -2.27. The fourth-order valence-corrected chi connectivity index (χ4v) is 3.09. The van der Waals surface area contributed by atoms with Crippen molar-refractivity contribution in [2.75, 3.05) is 0 Å². The number of rotatable bonds is 5. The Morgan fingerprint density at radius 3 is 2.58 bits per heavy atom. The molecule has 0 saturated heterocycles. The Balaban J connectivity index is 1.63. The third-order valence-electron chi connectivity index (χ3n) is 4.63. The summed E-state index contributed by atoms with van der Waals surface area (Å²) >= 11 is 0. The number of aromatic nitrogens is 1. The molecule has 1 aromatic carbocycles. The number of pyridine rings is 1. The number of amides is 1. The van der Waals surface area contributed by atoms with Gasteiger partial charge < -0.3 is 10.1 Å². The van der Waals surface area contributed by atoms with Crippen LogP contribution in [-0.2, 0) is 6.61 Å². The highest BCUT2D eigenvalue weighted by atomic mass is 16.5. The minimum atomic E-state index is -0.0418. The molecular formula is C20H24N2O2. The molecule has 1 fully saturated rings. The quantitative estimate of drug-likeness (QED) is 0.905. The lowest BCUT2D eigenvalue weighted by Crippen LogP contribution is -2.37. The van der Waals surface area contributed by atoms with E-state index in [1.54, 1.807) is 12.4 Å². The van der Waals surface area contributed by atoms with Gasteiger partial charge in [-0.15, -0.1) is 0 Å². The summed E-state index contributed by atoms with van der Waals surface area (Å²) in [4.78, 5) is 16.6. The van der Waals surface area contributed by atoms with Crippen molar-refractivity contribution in [3.63, 3.8) is 0 Å². The first kappa shape index (κ1) is 16.5. The van der Waals surface area contributed by atoms with E-state index in [9.17, 15) is 4.79 Å². The maximum absolute atomic E-state index is 12.6. The Kier molecular flexibility index (Phi) is 5.47. The molecule has 0 spiro atoms. The topological polar surface area (TPSA) is 51.2 Å². The summed E-state index contributed by atoms with van der Waals surface area (Å²) in [6, 6.07) is 11.5. The predicted octanol–water partition coefficient (Wildman–Crippen LogP) is 3.97. The van der Waals surface area contributed by atoms with Gasteiger partial charge in [-0.05, 0) is 61.4 Å². The summed E-state index contributed by atoms with van der Waals surface area (Å²) in [5.74, 6) is 1.35. The molecule has 0 bridgehead atoms. The average molecular weight is 324 g/mol. The van der Waals surface area contributed by atoms with E-state index in [4.69, 9.17) is 4.74 Å². The van der Waals surface area contributed by atoms with Gasteiger partial charge in [-0.25, -0.2) is 0 Å². The molecule has 1 aromatic heterocycles. The van der Waals surface area contributed by atoms with Crippen LogP contribution in [-0.4, -0.2) is 16.9 Å². The minimum absolute atomic E-state index is 0.0418. The molecule has 3 rings (SSSR count). The molecule has 24 heavy (non-hydrogen) atoms. The van der Waals surface area contributed by atoms with E-state index in [0.717, 1.165) is 24.3 Å². The number of hydrogen-bond acceptors (Lipinski definition) is 3. The van der Waals surface area contributed by atoms with Gasteiger partial charge in [0.2, 0.25) is 0 Å². The molecule has 0 unspecified atom stereocenters. The number of benzene rings is 1. The van der Waals surface area contributed by atoms with E-state index in [1.807, 2.05) is 36.4 Å². The van der Waals surface area contributed by atoms with Crippen LogP contribution >= 0.6 is 0 Å². The van der Waals surface area contributed by atoms with Gasteiger partial charge in [0.05, 0.1) is 5.56 Å². The average Bonchev–Trinajstić information content (AvgIpc) is 2.63. The third-order valence-corrected chi connectivity index (χ3v) is 4.63. The zero-order valence-electron chi connectivity index (χ0n) is 14.1. The molecule has 0 radical (unpaired) electrons. The molecule has 1 saturated carbocycles. The van der Waals surface area contributed by atoms with Crippen molar-refractivity contribution in [2.45, 2.75) is 45.3 Å². The number of nitrogens with one attached hydrogen (secondary N) is 1. The van der Waals surface area contributed by atoms with Crippen molar-refractivity contribution in [1.82, 2.24) is 10.3 Å². The van der Waals surface area contributed by atoms with E-state index >= 15 is 0 Å². The molecule has 1 heterocycles. The van der Waals surface area contributed by atoms with Crippen LogP contribution in [0.4, 0.5) is 0 Å². The smallest absolute Gasteiger partial charge is 0.255 e. The zero-order chi connectivity index (χ0) is 16.8. The maximum Gasteiger partial charge on any atom is 0.255 e. The van der Waals surface area contributed by atoms with E-state index in [-0.39, 0.29) is 11.9 Å².